The maximum atomic E-state index is 3.17. The van der Waals surface area contributed by atoms with E-state index in [0.29, 0.717) is 0 Å². The van der Waals surface area contributed by atoms with E-state index in [-0.39, 0.29) is 0 Å². The van der Waals surface area contributed by atoms with Gasteiger partial charge in [-0.1, -0.05) is 81.7 Å². The number of allylic oxidation sites excluding steroid dienone is 3. The van der Waals surface area contributed by atoms with E-state index < -0.39 is 0 Å². The zero-order valence-corrected chi connectivity index (χ0v) is 16.8. The lowest BCUT2D eigenvalue weighted by Gasteiger charge is -2.26. The van der Waals surface area contributed by atoms with Gasteiger partial charge >= 0.3 is 0 Å². The van der Waals surface area contributed by atoms with Gasteiger partial charge in [0.2, 0.25) is 0 Å². The van der Waals surface area contributed by atoms with Crippen LogP contribution in [0.2, 0.25) is 0 Å². The second-order valence-electron chi connectivity index (χ2n) is 7.75. The van der Waals surface area contributed by atoms with Gasteiger partial charge in [0, 0.05) is 0 Å². The SMILES string of the molecule is CCCCCc1ccc(C=CC#CC=C[C@H]2CC[C@H](CCC)CC2)cc1. The minimum Gasteiger partial charge on any atom is -0.0730 e. The second kappa shape index (κ2) is 12.6. The molecule has 1 aromatic carbocycles. The molecule has 0 saturated heterocycles. The van der Waals surface area contributed by atoms with Crippen molar-refractivity contribution >= 4 is 6.08 Å². The smallest absolute Gasteiger partial charge is 0.0109 e. The lowest BCUT2D eigenvalue weighted by molar-refractivity contribution is 0.294. The van der Waals surface area contributed by atoms with Gasteiger partial charge in [-0.25, -0.2) is 0 Å². The zero-order valence-electron chi connectivity index (χ0n) is 16.8. The molecule has 0 atom stereocenters. The Bertz CT molecular complexity index is 598. The third kappa shape index (κ3) is 8.09. The van der Waals surface area contributed by atoms with Gasteiger partial charge in [-0.15, -0.1) is 0 Å². The molecule has 2 rings (SSSR count). The first-order valence-corrected chi connectivity index (χ1v) is 10.7. The third-order valence-corrected chi connectivity index (χ3v) is 5.53. The highest BCUT2D eigenvalue weighted by molar-refractivity contribution is 5.53. The van der Waals surface area contributed by atoms with Gasteiger partial charge in [0.25, 0.3) is 0 Å². The van der Waals surface area contributed by atoms with E-state index in [1.807, 2.05) is 6.08 Å². The first-order chi connectivity index (χ1) is 12.8. The van der Waals surface area contributed by atoms with E-state index in [1.165, 1.54) is 75.3 Å². The van der Waals surface area contributed by atoms with Crippen LogP contribution in [0.4, 0.5) is 0 Å². The molecule has 140 valence electrons. The molecule has 0 heterocycles. The van der Waals surface area contributed by atoms with Crippen molar-refractivity contribution in [2.45, 2.75) is 78.1 Å². The highest BCUT2D eigenvalue weighted by Crippen LogP contribution is 2.31. The molecule has 26 heavy (non-hydrogen) atoms. The Morgan fingerprint density at radius 2 is 1.62 bits per heavy atom. The molecule has 0 unspecified atom stereocenters. The zero-order chi connectivity index (χ0) is 18.5. The van der Waals surface area contributed by atoms with Crippen LogP contribution < -0.4 is 0 Å². The minimum atomic E-state index is 0.752. The summed E-state index contributed by atoms with van der Waals surface area (Å²) in [7, 11) is 0. The van der Waals surface area contributed by atoms with E-state index in [9.17, 15) is 0 Å². The van der Waals surface area contributed by atoms with Gasteiger partial charge in [0.05, 0.1) is 0 Å². The van der Waals surface area contributed by atoms with Gasteiger partial charge in [-0.2, -0.15) is 0 Å². The van der Waals surface area contributed by atoms with Crippen molar-refractivity contribution in [1.82, 2.24) is 0 Å². The molecule has 1 aromatic rings. The fourth-order valence-corrected chi connectivity index (χ4v) is 3.87. The molecule has 1 saturated carbocycles. The Labute approximate surface area is 161 Å². The maximum absolute atomic E-state index is 3.17. The number of aryl methyl sites for hydroxylation is 1. The van der Waals surface area contributed by atoms with Crippen molar-refractivity contribution in [1.29, 1.82) is 0 Å². The molecule has 0 radical (unpaired) electrons. The van der Waals surface area contributed by atoms with Crippen LogP contribution in [0.15, 0.2) is 42.5 Å². The van der Waals surface area contributed by atoms with Crippen LogP contribution in [0.1, 0.15) is 82.8 Å². The summed E-state index contributed by atoms with van der Waals surface area (Å²) in [6.45, 7) is 4.55. The summed E-state index contributed by atoms with van der Waals surface area (Å²) in [6.07, 6.45) is 21.8. The van der Waals surface area contributed by atoms with E-state index in [0.717, 1.165) is 11.8 Å². The fourth-order valence-electron chi connectivity index (χ4n) is 3.87. The van der Waals surface area contributed by atoms with Gasteiger partial charge in [0.1, 0.15) is 0 Å². The topological polar surface area (TPSA) is 0 Å². The standard InChI is InChI=1S/C26H36/c1-3-5-8-12-24-19-21-26(22-20-24)14-10-7-6-9-13-25-17-15-23(11-4-2)16-18-25/h9-10,13-14,19-23,25H,3-5,8,11-12,15-18H2,1-2H3/t23-,25-. The van der Waals surface area contributed by atoms with Crippen LogP contribution in [0, 0.1) is 23.7 Å². The lowest BCUT2D eigenvalue weighted by atomic mass is 9.80. The van der Waals surface area contributed by atoms with Crippen molar-refractivity contribution in [3.8, 4) is 11.8 Å². The quantitative estimate of drug-likeness (QED) is 0.335. The third-order valence-electron chi connectivity index (χ3n) is 5.53. The van der Waals surface area contributed by atoms with Crippen molar-refractivity contribution in [2.75, 3.05) is 0 Å². The molecule has 0 bridgehead atoms. The second-order valence-corrected chi connectivity index (χ2v) is 7.75. The highest BCUT2D eigenvalue weighted by atomic mass is 14.2. The van der Waals surface area contributed by atoms with Crippen molar-refractivity contribution < 1.29 is 0 Å². The fraction of sp³-hybridized carbons (Fsp3) is 0.538. The number of hydrogen-bond acceptors (Lipinski definition) is 0. The maximum Gasteiger partial charge on any atom is -0.0109 e. The van der Waals surface area contributed by atoms with E-state index in [4.69, 9.17) is 0 Å². The highest BCUT2D eigenvalue weighted by Gasteiger charge is 2.18. The summed E-state index contributed by atoms with van der Waals surface area (Å²) in [4.78, 5) is 0. The van der Waals surface area contributed by atoms with Gasteiger partial charge in [-0.3, -0.25) is 0 Å². The Balaban J connectivity index is 1.70. The molecule has 0 amide bonds. The normalized spacial score (nSPS) is 20.4. The number of rotatable bonds is 8. The summed E-state index contributed by atoms with van der Waals surface area (Å²) in [5.41, 5.74) is 2.68. The minimum absolute atomic E-state index is 0.752. The van der Waals surface area contributed by atoms with Gasteiger partial charge < -0.3 is 0 Å². The molecular weight excluding hydrogens is 312 g/mol. The van der Waals surface area contributed by atoms with E-state index in [1.54, 1.807) is 0 Å². The largest absolute Gasteiger partial charge is 0.0730 e. The van der Waals surface area contributed by atoms with Crippen LogP contribution in [0.25, 0.3) is 6.08 Å². The van der Waals surface area contributed by atoms with Crippen LogP contribution in [0.5, 0.6) is 0 Å². The van der Waals surface area contributed by atoms with Gasteiger partial charge in [0.15, 0.2) is 0 Å². The summed E-state index contributed by atoms with van der Waals surface area (Å²) >= 11 is 0. The first kappa shape index (κ1) is 20.6. The molecule has 1 fully saturated rings. The summed E-state index contributed by atoms with van der Waals surface area (Å²) in [5, 5.41) is 0. The molecule has 0 nitrogen and oxygen atoms in total. The number of hydrogen-bond donors (Lipinski definition) is 0. The summed E-state index contributed by atoms with van der Waals surface area (Å²) in [5.74, 6) is 8.04. The van der Waals surface area contributed by atoms with Gasteiger partial charge in [-0.05, 0) is 79.7 Å². The molecule has 1 aliphatic rings. The molecule has 0 N–H and O–H groups in total. The van der Waals surface area contributed by atoms with Crippen LogP contribution >= 0.6 is 0 Å². The molecule has 1 aliphatic carbocycles. The Morgan fingerprint density at radius 1 is 0.885 bits per heavy atom. The van der Waals surface area contributed by atoms with E-state index >= 15 is 0 Å². The Hall–Kier alpha value is -1.74. The molecular formula is C26H36. The Morgan fingerprint density at radius 3 is 2.31 bits per heavy atom. The number of benzene rings is 1. The lowest BCUT2D eigenvalue weighted by Crippen LogP contribution is -2.12. The van der Waals surface area contributed by atoms with Crippen molar-refractivity contribution in [3.63, 3.8) is 0 Å². The van der Waals surface area contributed by atoms with Crippen LogP contribution in [-0.2, 0) is 6.42 Å². The molecule has 0 aliphatic heterocycles. The average molecular weight is 349 g/mol. The average Bonchev–Trinajstić information content (AvgIpc) is 2.67. The predicted octanol–water partition coefficient (Wildman–Crippen LogP) is 7.60. The predicted molar refractivity (Wildman–Crippen MR) is 116 cm³/mol. The van der Waals surface area contributed by atoms with Crippen molar-refractivity contribution in [2.24, 2.45) is 11.8 Å². The Kier molecular flexibility index (Phi) is 9.96. The van der Waals surface area contributed by atoms with E-state index in [2.05, 4.69) is 68.2 Å². The number of unbranched alkanes of at least 4 members (excludes halogenated alkanes) is 2. The monoisotopic (exact) mass is 348 g/mol. The molecule has 0 aromatic heterocycles. The molecule has 0 spiro atoms. The summed E-state index contributed by atoms with van der Waals surface area (Å²) in [6, 6.07) is 8.89. The van der Waals surface area contributed by atoms with Crippen molar-refractivity contribution in [3.05, 3.63) is 53.6 Å². The molecule has 0 heteroatoms. The first-order valence-electron chi connectivity index (χ1n) is 10.7. The van der Waals surface area contributed by atoms with Crippen LogP contribution in [-0.4, -0.2) is 0 Å². The summed E-state index contributed by atoms with van der Waals surface area (Å²) < 4.78 is 0. The van der Waals surface area contributed by atoms with Crippen LogP contribution in [0.3, 0.4) is 0 Å².